The van der Waals surface area contributed by atoms with Gasteiger partial charge in [-0.15, -0.1) is 0 Å². The molecule has 4 rings (SSSR count). The van der Waals surface area contributed by atoms with E-state index >= 15 is 0 Å². The van der Waals surface area contributed by atoms with Crippen LogP contribution >= 0.6 is 11.6 Å². The Kier molecular flexibility index (Phi) is 6.98. The van der Waals surface area contributed by atoms with Gasteiger partial charge in [0.05, 0.1) is 19.3 Å². The van der Waals surface area contributed by atoms with Crippen molar-refractivity contribution in [2.24, 2.45) is 0 Å². The average Bonchev–Trinajstić information content (AvgIpc) is 3.06. The van der Waals surface area contributed by atoms with E-state index in [0.717, 1.165) is 27.8 Å². The second-order valence-electron chi connectivity index (χ2n) is 8.63. The number of hydrogen-bond acceptors (Lipinski definition) is 6. The van der Waals surface area contributed by atoms with Gasteiger partial charge in [-0.1, -0.05) is 29.8 Å². The summed E-state index contributed by atoms with van der Waals surface area (Å²) in [6.07, 6.45) is 0.266. The Hall–Kier alpha value is -2.87. The Bertz CT molecular complexity index is 1130. The number of nitrogens with zero attached hydrogens (tertiary/aromatic N) is 1. The fourth-order valence-corrected chi connectivity index (χ4v) is 4.89. The Morgan fingerprint density at radius 2 is 1.74 bits per heavy atom. The van der Waals surface area contributed by atoms with Crippen molar-refractivity contribution in [3.8, 4) is 11.1 Å². The molecular formula is C26H29ClN2O5. The molecule has 0 radical (unpaired) electrons. The van der Waals surface area contributed by atoms with Crippen LogP contribution in [0, 0.1) is 13.8 Å². The van der Waals surface area contributed by atoms with Gasteiger partial charge in [-0.25, -0.2) is 4.79 Å². The first-order chi connectivity index (χ1) is 16.3. The number of ether oxygens (including phenoxy) is 2. The Morgan fingerprint density at radius 3 is 2.35 bits per heavy atom. The van der Waals surface area contributed by atoms with Gasteiger partial charge in [0.1, 0.15) is 5.54 Å². The second kappa shape index (κ2) is 9.78. The van der Waals surface area contributed by atoms with Crippen LogP contribution in [0.25, 0.3) is 16.7 Å². The highest BCUT2D eigenvalue weighted by molar-refractivity contribution is 6.30. The van der Waals surface area contributed by atoms with Crippen molar-refractivity contribution < 1.29 is 23.9 Å². The van der Waals surface area contributed by atoms with Crippen LogP contribution in [0.4, 0.5) is 4.79 Å². The number of hydrogen-bond donors (Lipinski definition) is 1. The van der Waals surface area contributed by atoms with E-state index in [9.17, 15) is 9.59 Å². The molecular weight excluding hydrogens is 456 g/mol. The molecule has 8 heteroatoms. The lowest BCUT2D eigenvalue weighted by Gasteiger charge is -2.38. The predicted molar refractivity (Wildman–Crippen MR) is 130 cm³/mol. The lowest BCUT2D eigenvalue weighted by Crippen LogP contribution is -2.53. The molecule has 1 saturated heterocycles. The summed E-state index contributed by atoms with van der Waals surface area (Å²) in [4.78, 5) is 31.2. The van der Waals surface area contributed by atoms with Crippen LogP contribution in [0.2, 0.25) is 5.02 Å². The number of carbonyl (C=O) groups excluding carboxylic acids is 2. The normalized spacial score (nSPS) is 17.7. The summed E-state index contributed by atoms with van der Waals surface area (Å²) in [6, 6.07) is 11.6. The van der Waals surface area contributed by atoms with Crippen molar-refractivity contribution in [2.45, 2.75) is 39.2 Å². The molecule has 0 aromatic heterocycles. The van der Waals surface area contributed by atoms with E-state index in [2.05, 4.69) is 5.32 Å². The maximum Gasteiger partial charge on any atom is 0.513 e. The van der Waals surface area contributed by atoms with Gasteiger partial charge in [0.25, 0.3) is 5.91 Å². The summed E-state index contributed by atoms with van der Waals surface area (Å²) in [6.45, 7) is 7.05. The third kappa shape index (κ3) is 4.56. The molecule has 180 valence electrons. The van der Waals surface area contributed by atoms with Crippen LogP contribution in [0.5, 0.6) is 0 Å². The highest BCUT2D eigenvalue weighted by Gasteiger charge is 2.50. The van der Waals surface area contributed by atoms with Crippen LogP contribution in [0.15, 0.2) is 42.2 Å². The van der Waals surface area contributed by atoms with Crippen molar-refractivity contribution in [2.75, 3.05) is 26.8 Å². The topological polar surface area (TPSA) is 77.1 Å². The Balaban J connectivity index is 1.85. The quantitative estimate of drug-likeness (QED) is 0.599. The largest absolute Gasteiger partial charge is 0.513 e. The van der Waals surface area contributed by atoms with Crippen molar-refractivity contribution in [3.05, 3.63) is 63.9 Å². The van der Waals surface area contributed by atoms with Crippen LogP contribution in [-0.4, -0.2) is 49.5 Å². The highest BCUT2D eigenvalue weighted by atomic mass is 35.5. The number of aryl methyl sites for hydroxylation is 2. The molecule has 7 nitrogen and oxygen atoms in total. The highest BCUT2D eigenvalue weighted by Crippen LogP contribution is 2.43. The molecule has 0 bridgehead atoms. The predicted octanol–water partition coefficient (Wildman–Crippen LogP) is 5.03. The zero-order valence-electron chi connectivity index (χ0n) is 19.9. The maximum atomic E-state index is 13.4. The molecule has 0 unspecified atom stereocenters. The van der Waals surface area contributed by atoms with Gasteiger partial charge in [-0.05, 0) is 79.6 Å². The smallest absolute Gasteiger partial charge is 0.434 e. The lowest BCUT2D eigenvalue weighted by atomic mass is 9.85. The number of rotatable bonds is 5. The number of amides is 1. The molecule has 1 spiro atoms. The second-order valence-corrected chi connectivity index (χ2v) is 9.06. The van der Waals surface area contributed by atoms with Crippen molar-refractivity contribution in [1.29, 1.82) is 0 Å². The van der Waals surface area contributed by atoms with E-state index in [1.165, 1.54) is 0 Å². The monoisotopic (exact) mass is 484 g/mol. The molecule has 1 amide bonds. The third-order valence-electron chi connectivity index (χ3n) is 6.52. The SMILES string of the molecule is CCOC(=O)OC1=C(c2cc(-c3ccc(Cl)cc3)c(C)cc2C)C(=O)NC12CCN(OC)CC2. The Labute approximate surface area is 204 Å². The van der Waals surface area contributed by atoms with E-state index in [4.69, 9.17) is 25.9 Å². The molecule has 2 aliphatic heterocycles. The first kappa shape index (κ1) is 24.3. The van der Waals surface area contributed by atoms with Crippen LogP contribution in [0.1, 0.15) is 36.5 Å². The van der Waals surface area contributed by atoms with Gasteiger partial charge < -0.3 is 19.6 Å². The van der Waals surface area contributed by atoms with Crippen LogP contribution < -0.4 is 5.32 Å². The van der Waals surface area contributed by atoms with Gasteiger partial charge in [0.15, 0.2) is 5.76 Å². The van der Waals surface area contributed by atoms with Crippen molar-refractivity contribution in [3.63, 3.8) is 0 Å². The first-order valence-electron chi connectivity index (χ1n) is 11.4. The standard InChI is InChI=1S/C26H29ClN2O5/c1-5-33-25(31)34-23-22(24(30)28-26(23)10-12-29(32-4)13-11-26)21-15-20(16(2)14-17(21)3)18-6-8-19(27)9-7-18/h6-9,14-15H,5,10-13H2,1-4H3,(H,28,30). The molecule has 1 fully saturated rings. The zero-order chi connectivity index (χ0) is 24.5. The number of halogens is 1. The minimum absolute atomic E-state index is 0.178. The average molecular weight is 485 g/mol. The fourth-order valence-electron chi connectivity index (χ4n) is 4.77. The first-order valence-corrected chi connectivity index (χ1v) is 11.7. The summed E-state index contributed by atoms with van der Waals surface area (Å²) < 4.78 is 10.8. The molecule has 34 heavy (non-hydrogen) atoms. The summed E-state index contributed by atoms with van der Waals surface area (Å²) in [5, 5.41) is 5.60. The zero-order valence-corrected chi connectivity index (χ0v) is 20.6. The van der Waals surface area contributed by atoms with E-state index in [-0.39, 0.29) is 12.5 Å². The van der Waals surface area contributed by atoms with E-state index in [1.807, 2.05) is 55.3 Å². The number of carbonyl (C=O) groups is 2. The molecule has 2 heterocycles. The lowest BCUT2D eigenvalue weighted by molar-refractivity contribution is -0.152. The Morgan fingerprint density at radius 1 is 1.09 bits per heavy atom. The van der Waals surface area contributed by atoms with Crippen molar-refractivity contribution >= 4 is 29.2 Å². The minimum atomic E-state index is -0.817. The number of benzene rings is 2. The molecule has 2 aromatic rings. The summed E-state index contributed by atoms with van der Waals surface area (Å²) >= 11 is 6.08. The van der Waals surface area contributed by atoms with E-state index in [1.54, 1.807) is 14.0 Å². The summed E-state index contributed by atoms with van der Waals surface area (Å²) in [5.41, 5.74) is 4.23. The summed E-state index contributed by atoms with van der Waals surface area (Å²) in [5.74, 6) is 0.0555. The van der Waals surface area contributed by atoms with Gasteiger partial charge in [0.2, 0.25) is 0 Å². The van der Waals surface area contributed by atoms with Gasteiger partial charge >= 0.3 is 6.16 Å². The number of piperidine rings is 1. The maximum absolute atomic E-state index is 13.4. The van der Waals surface area contributed by atoms with Gasteiger partial charge in [-0.3, -0.25) is 4.79 Å². The van der Waals surface area contributed by atoms with Crippen LogP contribution in [-0.2, 0) is 19.1 Å². The van der Waals surface area contributed by atoms with E-state index in [0.29, 0.717) is 42.3 Å². The minimum Gasteiger partial charge on any atom is -0.434 e. The number of hydroxylamine groups is 2. The van der Waals surface area contributed by atoms with Crippen molar-refractivity contribution in [1.82, 2.24) is 10.4 Å². The number of nitrogens with one attached hydrogen (secondary N) is 1. The third-order valence-corrected chi connectivity index (χ3v) is 6.77. The molecule has 0 aliphatic carbocycles. The molecule has 2 aromatic carbocycles. The molecule has 2 aliphatic rings. The van der Waals surface area contributed by atoms with Gasteiger partial charge in [0, 0.05) is 18.1 Å². The summed E-state index contributed by atoms with van der Waals surface area (Å²) in [7, 11) is 1.62. The molecule has 0 saturated carbocycles. The molecule has 0 atom stereocenters. The van der Waals surface area contributed by atoms with Crippen LogP contribution in [0.3, 0.4) is 0 Å². The fraction of sp³-hybridized carbons (Fsp3) is 0.385. The molecule has 1 N–H and O–H groups in total. The van der Waals surface area contributed by atoms with Gasteiger partial charge in [-0.2, -0.15) is 5.06 Å². The van der Waals surface area contributed by atoms with E-state index < -0.39 is 11.7 Å².